The van der Waals surface area contributed by atoms with Crippen LogP contribution < -0.4 is 15.8 Å². The molecule has 0 aliphatic carbocycles. The highest BCUT2D eigenvalue weighted by Gasteiger charge is 2.29. The van der Waals surface area contributed by atoms with Gasteiger partial charge in [-0.25, -0.2) is 0 Å². The predicted molar refractivity (Wildman–Crippen MR) is 92.3 cm³/mol. The summed E-state index contributed by atoms with van der Waals surface area (Å²) >= 11 is 1.42. The largest absolute Gasteiger partial charge is 0.324 e. The summed E-state index contributed by atoms with van der Waals surface area (Å²) in [6.07, 6.45) is 0.127. The Bertz CT molecular complexity index is 721. The van der Waals surface area contributed by atoms with Crippen molar-refractivity contribution in [1.29, 1.82) is 0 Å². The zero-order valence-corrected chi connectivity index (χ0v) is 13.5. The zero-order valence-electron chi connectivity index (χ0n) is 12.7. The molecule has 1 heterocycles. The van der Waals surface area contributed by atoms with Crippen LogP contribution in [0.25, 0.3) is 0 Å². The van der Waals surface area contributed by atoms with E-state index in [1.54, 1.807) is 12.1 Å². The first-order valence-corrected chi connectivity index (χ1v) is 8.16. The molecule has 2 N–H and O–H groups in total. The summed E-state index contributed by atoms with van der Waals surface area (Å²) in [5.41, 5.74) is 4.48. The first-order valence-electron chi connectivity index (χ1n) is 7.28. The topological polar surface area (TPSA) is 61.4 Å². The molecule has 2 amide bonds. The lowest BCUT2D eigenvalue weighted by Crippen LogP contribution is -2.42. The van der Waals surface area contributed by atoms with Gasteiger partial charge in [0, 0.05) is 18.4 Å². The molecule has 5 nitrogen and oxygen atoms in total. The lowest BCUT2D eigenvalue weighted by molar-refractivity contribution is -0.124. The van der Waals surface area contributed by atoms with Crippen molar-refractivity contribution in [2.45, 2.75) is 16.6 Å². The minimum Gasteiger partial charge on any atom is -0.324 e. The fourth-order valence-electron chi connectivity index (χ4n) is 2.34. The number of amides is 2. The molecular formula is C17H17N3O2S. The van der Waals surface area contributed by atoms with E-state index >= 15 is 0 Å². The molecule has 1 atom stereocenters. The van der Waals surface area contributed by atoms with Crippen molar-refractivity contribution < 1.29 is 9.59 Å². The molecule has 2 aromatic carbocycles. The second-order valence-electron chi connectivity index (χ2n) is 5.23. The highest BCUT2D eigenvalue weighted by atomic mass is 32.2. The number of hydrogen-bond acceptors (Lipinski definition) is 4. The number of anilines is 2. The maximum atomic E-state index is 12.2. The molecule has 2 aromatic rings. The van der Waals surface area contributed by atoms with Gasteiger partial charge in [0.2, 0.25) is 11.8 Å². The fourth-order valence-corrected chi connectivity index (χ4v) is 3.45. The van der Waals surface area contributed by atoms with Gasteiger partial charge in [-0.3, -0.25) is 20.0 Å². The Morgan fingerprint density at radius 2 is 1.87 bits per heavy atom. The molecule has 1 aliphatic heterocycles. The summed E-state index contributed by atoms with van der Waals surface area (Å²) in [5.74, 6) is -0.324. The molecule has 1 unspecified atom stereocenters. The Morgan fingerprint density at radius 3 is 2.65 bits per heavy atom. The summed E-state index contributed by atoms with van der Waals surface area (Å²) in [4.78, 5) is 25.3. The SMILES string of the molecule is CN(NC(=O)CC1Sc2ccccc2NC1=O)c1ccccc1. The third kappa shape index (κ3) is 3.65. The normalized spacial score (nSPS) is 16.2. The van der Waals surface area contributed by atoms with Crippen LogP contribution in [-0.4, -0.2) is 24.1 Å². The second-order valence-corrected chi connectivity index (χ2v) is 6.47. The molecule has 23 heavy (non-hydrogen) atoms. The van der Waals surface area contributed by atoms with Gasteiger partial charge in [-0.1, -0.05) is 30.3 Å². The lowest BCUT2D eigenvalue weighted by atomic mass is 10.2. The van der Waals surface area contributed by atoms with Crippen molar-refractivity contribution in [3.8, 4) is 0 Å². The zero-order chi connectivity index (χ0) is 16.2. The molecule has 0 saturated heterocycles. The van der Waals surface area contributed by atoms with Crippen molar-refractivity contribution >= 4 is 35.0 Å². The van der Waals surface area contributed by atoms with Crippen LogP contribution in [0.1, 0.15) is 6.42 Å². The second kappa shape index (κ2) is 6.75. The van der Waals surface area contributed by atoms with Crippen LogP contribution in [0, 0.1) is 0 Å². The summed E-state index contributed by atoms with van der Waals surface area (Å²) in [5, 5.41) is 4.08. The Hall–Kier alpha value is -2.47. The van der Waals surface area contributed by atoms with Crippen molar-refractivity contribution in [3.63, 3.8) is 0 Å². The molecule has 0 saturated carbocycles. The van der Waals surface area contributed by atoms with Gasteiger partial charge in [0.1, 0.15) is 0 Å². The van der Waals surface area contributed by atoms with Gasteiger partial charge in [-0.15, -0.1) is 11.8 Å². The Morgan fingerprint density at radius 1 is 1.17 bits per heavy atom. The monoisotopic (exact) mass is 327 g/mol. The number of nitrogens with one attached hydrogen (secondary N) is 2. The quantitative estimate of drug-likeness (QED) is 0.848. The molecule has 0 aromatic heterocycles. The predicted octanol–water partition coefficient (Wildman–Crippen LogP) is 2.66. The van der Waals surface area contributed by atoms with E-state index in [0.717, 1.165) is 16.3 Å². The van der Waals surface area contributed by atoms with Crippen LogP contribution in [0.4, 0.5) is 11.4 Å². The molecular weight excluding hydrogens is 310 g/mol. The number of benzene rings is 2. The average Bonchev–Trinajstić information content (AvgIpc) is 2.56. The summed E-state index contributed by atoms with van der Waals surface area (Å²) in [7, 11) is 1.77. The lowest BCUT2D eigenvalue weighted by Gasteiger charge is -2.25. The number of hydrazine groups is 1. The Kier molecular flexibility index (Phi) is 4.52. The van der Waals surface area contributed by atoms with E-state index in [0.29, 0.717) is 0 Å². The van der Waals surface area contributed by atoms with E-state index in [1.165, 1.54) is 11.8 Å². The molecule has 118 valence electrons. The fraction of sp³-hybridized carbons (Fsp3) is 0.176. The summed E-state index contributed by atoms with van der Waals surface area (Å²) < 4.78 is 0. The number of thioether (sulfide) groups is 1. The Labute approximate surface area is 139 Å². The number of fused-ring (bicyclic) bond motifs is 1. The van der Waals surface area contributed by atoms with E-state index in [9.17, 15) is 9.59 Å². The van der Waals surface area contributed by atoms with Gasteiger partial charge in [-0.2, -0.15) is 0 Å². The van der Waals surface area contributed by atoms with Crippen molar-refractivity contribution in [1.82, 2.24) is 5.43 Å². The van der Waals surface area contributed by atoms with Crippen molar-refractivity contribution in [2.75, 3.05) is 17.4 Å². The van der Waals surface area contributed by atoms with Crippen molar-refractivity contribution in [2.24, 2.45) is 0 Å². The van der Waals surface area contributed by atoms with Crippen LogP contribution >= 0.6 is 11.8 Å². The minimum absolute atomic E-state index is 0.127. The molecule has 3 rings (SSSR count). The summed E-state index contributed by atoms with van der Waals surface area (Å²) in [6.45, 7) is 0. The van der Waals surface area contributed by atoms with Gasteiger partial charge in [0.05, 0.1) is 16.6 Å². The smallest absolute Gasteiger partial charge is 0.240 e. The van der Waals surface area contributed by atoms with Gasteiger partial charge in [0.15, 0.2) is 0 Å². The third-order valence-corrected chi connectivity index (χ3v) is 4.79. The molecule has 0 spiro atoms. The van der Waals surface area contributed by atoms with Crippen LogP contribution in [0.2, 0.25) is 0 Å². The molecule has 0 fully saturated rings. The van der Waals surface area contributed by atoms with Crippen LogP contribution in [0.3, 0.4) is 0 Å². The molecule has 0 radical (unpaired) electrons. The number of hydrogen-bond donors (Lipinski definition) is 2. The van der Waals surface area contributed by atoms with Gasteiger partial charge < -0.3 is 5.32 Å². The standard InChI is InChI=1S/C17H17N3O2S/c1-20(12-7-3-2-4-8-12)19-16(21)11-15-17(22)18-13-9-5-6-10-14(13)23-15/h2-10,15H,11H2,1H3,(H,18,22)(H,19,21). The highest BCUT2D eigenvalue weighted by molar-refractivity contribution is 8.01. The first-order chi connectivity index (χ1) is 11.1. The maximum Gasteiger partial charge on any atom is 0.240 e. The van der Waals surface area contributed by atoms with E-state index in [2.05, 4.69) is 10.7 Å². The number of para-hydroxylation sites is 2. The maximum absolute atomic E-state index is 12.2. The third-order valence-electron chi connectivity index (χ3n) is 3.51. The van der Waals surface area contributed by atoms with Gasteiger partial charge in [0.25, 0.3) is 0 Å². The van der Waals surface area contributed by atoms with Gasteiger partial charge >= 0.3 is 0 Å². The number of rotatable bonds is 4. The molecule has 6 heteroatoms. The number of carbonyl (C=O) groups excluding carboxylic acids is 2. The van der Waals surface area contributed by atoms with Crippen molar-refractivity contribution in [3.05, 3.63) is 54.6 Å². The molecule has 0 bridgehead atoms. The van der Waals surface area contributed by atoms with E-state index in [1.807, 2.05) is 54.6 Å². The van der Waals surface area contributed by atoms with Gasteiger partial charge in [-0.05, 0) is 24.3 Å². The van der Waals surface area contributed by atoms with Crippen LogP contribution in [-0.2, 0) is 9.59 Å². The Balaban J connectivity index is 1.61. The average molecular weight is 327 g/mol. The highest BCUT2D eigenvalue weighted by Crippen LogP contribution is 2.36. The molecule has 1 aliphatic rings. The minimum atomic E-state index is -0.422. The summed E-state index contributed by atoms with van der Waals surface area (Å²) in [6, 6.07) is 17.1. The number of nitrogens with zero attached hydrogens (tertiary/aromatic N) is 1. The first kappa shape index (κ1) is 15.4. The van der Waals surface area contributed by atoms with Crippen LogP contribution in [0.5, 0.6) is 0 Å². The van der Waals surface area contributed by atoms with E-state index < -0.39 is 5.25 Å². The number of carbonyl (C=O) groups is 2. The van der Waals surface area contributed by atoms with E-state index in [4.69, 9.17) is 0 Å². The van der Waals surface area contributed by atoms with E-state index in [-0.39, 0.29) is 18.2 Å². The van der Waals surface area contributed by atoms with Crippen LogP contribution in [0.15, 0.2) is 59.5 Å².